The summed E-state index contributed by atoms with van der Waals surface area (Å²) in [6.45, 7) is 0.483. The third kappa shape index (κ3) is 3.07. The number of alkyl halides is 1. The summed E-state index contributed by atoms with van der Waals surface area (Å²) in [5.74, 6) is 0.614. The fourth-order valence-corrected chi connectivity index (χ4v) is 2.08. The third-order valence-electron chi connectivity index (χ3n) is 3.03. The Hall–Kier alpha value is -2.11. The molecule has 6 nitrogen and oxygen atoms in total. The summed E-state index contributed by atoms with van der Waals surface area (Å²) < 4.78 is 23.5. The number of hydrogen-bond donors (Lipinski definition) is 0. The molecule has 0 bridgehead atoms. The molecule has 20 heavy (non-hydrogen) atoms. The lowest BCUT2D eigenvalue weighted by Gasteiger charge is -2.20. The molecule has 0 N–H and O–H groups in total. The Morgan fingerprint density at radius 1 is 1.50 bits per heavy atom. The second kappa shape index (κ2) is 6.88. The molecule has 1 aliphatic rings. The second-order valence-electron chi connectivity index (χ2n) is 4.24. The van der Waals surface area contributed by atoms with Gasteiger partial charge in [-0.15, -0.1) is 0 Å². The zero-order valence-corrected chi connectivity index (χ0v) is 11.1. The van der Waals surface area contributed by atoms with Crippen molar-refractivity contribution in [2.45, 2.75) is 12.1 Å². The van der Waals surface area contributed by atoms with Gasteiger partial charge in [0.1, 0.15) is 13.3 Å². The van der Waals surface area contributed by atoms with Crippen LogP contribution in [0, 0.1) is 0 Å². The van der Waals surface area contributed by atoms with E-state index in [2.05, 4.69) is 15.0 Å². The van der Waals surface area contributed by atoms with Crippen LogP contribution in [0.25, 0.3) is 10.4 Å². The molecule has 0 amide bonds. The summed E-state index contributed by atoms with van der Waals surface area (Å²) in [4.78, 5) is 6.87. The van der Waals surface area contributed by atoms with Crippen molar-refractivity contribution in [3.05, 3.63) is 45.8 Å². The highest BCUT2D eigenvalue weighted by Crippen LogP contribution is 2.24. The van der Waals surface area contributed by atoms with Crippen LogP contribution in [-0.2, 0) is 9.47 Å². The maximum Gasteiger partial charge on any atom is 0.216 e. The Kier molecular flexibility index (Phi) is 4.92. The van der Waals surface area contributed by atoms with E-state index in [1.54, 1.807) is 12.1 Å². The SMILES string of the molecule is CO[C@H](c1ccc(C2=NCCO2)cc1)[C@@H](CF)N=[N+]=[N-]. The van der Waals surface area contributed by atoms with E-state index in [0.29, 0.717) is 19.0 Å². The number of rotatable bonds is 6. The number of halogens is 1. The minimum atomic E-state index is -0.879. The van der Waals surface area contributed by atoms with Crippen molar-refractivity contribution in [3.8, 4) is 0 Å². The first kappa shape index (κ1) is 14.3. The summed E-state index contributed by atoms with van der Waals surface area (Å²) in [5, 5.41) is 3.42. The van der Waals surface area contributed by atoms with Gasteiger partial charge in [0, 0.05) is 17.6 Å². The van der Waals surface area contributed by atoms with Crippen LogP contribution >= 0.6 is 0 Å². The van der Waals surface area contributed by atoms with E-state index in [9.17, 15) is 4.39 Å². The molecule has 0 unspecified atom stereocenters. The lowest BCUT2D eigenvalue weighted by molar-refractivity contribution is 0.0722. The average molecular weight is 278 g/mol. The molecule has 1 aliphatic heterocycles. The molecule has 0 aromatic heterocycles. The van der Waals surface area contributed by atoms with E-state index in [4.69, 9.17) is 15.0 Å². The Balaban J connectivity index is 2.20. The largest absolute Gasteiger partial charge is 0.476 e. The molecule has 2 atom stereocenters. The number of hydrogen-bond acceptors (Lipinski definition) is 4. The Morgan fingerprint density at radius 2 is 2.25 bits per heavy atom. The first-order valence-corrected chi connectivity index (χ1v) is 6.20. The Labute approximate surface area is 115 Å². The van der Waals surface area contributed by atoms with E-state index >= 15 is 0 Å². The summed E-state index contributed by atoms with van der Waals surface area (Å²) in [5.41, 5.74) is 10.1. The smallest absolute Gasteiger partial charge is 0.216 e. The molecule has 7 heteroatoms. The van der Waals surface area contributed by atoms with Crippen molar-refractivity contribution < 1.29 is 13.9 Å². The molecule has 0 fully saturated rings. The van der Waals surface area contributed by atoms with Crippen LogP contribution in [0.2, 0.25) is 0 Å². The van der Waals surface area contributed by atoms with Crippen molar-refractivity contribution in [3.63, 3.8) is 0 Å². The number of aliphatic imine (C=N–C) groups is 1. The normalized spacial score (nSPS) is 16.8. The van der Waals surface area contributed by atoms with Gasteiger partial charge in [0.25, 0.3) is 0 Å². The molecule has 2 rings (SSSR count). The fourth-order valence-electron chi connectivity index (χ4n) is 2.08. The van der Waals surface area contributed by atoms with Crippen LogP contribution in [0.5, 0.6) is 0 Å². The van der Waals surface area contributed by atoms with Crippen LogP contribution < -0.4 is 0 Å². The average Bonchev–Trinajstić information content (AvgIpc) is 3.02. The summed E-state index contributed by atoms with van der Waals surface area (Å²) >= 11 is 0. The third-order valence-corrected chi connectivity index (χ3v) is 3.03. The number of azide groups is 1. The highest BCUT2D eigenvalue weighted by molar-refractivity contribution is 5.94. The quantitative estimate of drug-likeness (QED) is 0.455. The van der Waals surface area contributed by atoms with Crippen LogP contribution in [0.15, 0.2) is 34.4 Å². The molecule has 0 saturated carbocycles. The van der Waals surface area contributed by atoms with Crippen molar-refractivity contribution in [2.75, 3.05) is 26.9 Å². The predicted molar refractivity (Wildman–Crippen MR) is 72.5 cm³/mol. The van der Waals surface area contributed by atoms with Gasteiger partial charge in [-0.25, -0.2) is 4.99 Å². The fraction of sp³-hybridized carbons (Fsp3) is 0.462. The number of benzene rings is 1. The highest BCUT2D eigenvalue weighted by atomic mass is 19.1. The van der Waals surface area contributed by atoms with E-state index in [0.717, 1.165) is 11.1 Å². The summed E-state index contributed by atoms with van der Waals surface area (Å²) in [6, 6.07) is 6.37. The maximum atomic E-state index is 12.9. The molecule has 1 aromatic carbocycles. The molecule has 1 heterocycles. The monoisotopic (exact) mass is 278 g/mol. The lowest BCUT2D eigenvalue weighted by Crippen LogP contribution is -2.20. The van der Waals surface area contributed by atoms with E-state index in [1.807, 2.05) is 12.1 Å². The van der Waals surface area contributed by atoms with Crippen molar-refractivity contribution in [1.29, 1.82) is 0 Å². The lowest BCUT2D eigenvalue weighted by atomic mass is 10.0. The van der Waals surface area contributed by atoms with Crippen molar-refractivity contribution in [1.82, 2.24) is 0 Å². The minimum absolute atomic E-state index is 0.596. The Morgan fingerprint density at radius 3 is 2.75 bits per heavy atom. The molecule has 0 spiro atoms. The minimum Gasteiger partial charge on any atom is -0.476 e. The van der Waals surface area contributed by atoms with E-state index in [1.165, 1.54) is 7.11 Å². The van der Waals surface area contributed by atoms with Crippen LogP contribution in [0.4, 0.5) is 4.39 Å². The van der Waals surface area contributed by atoms with Crippen LogP contribution in [0.1, 0.15) is 17.2 Å². The maximum absolute atomic E-state index is 12.9. The van der Waals surface area contributed by atoms with Crippen molar-refractivity contribution in [2.24, 2.45) is 10.1 Å². The van der Waals surface area contributed by atoms with Gasteiger partial charge in [-0.2, -0.15) is 0 Å². The number of nitrogens with zero attached hydrogens (tertiary/aromatic N) is 4. The molecule has 0 aliphatic carbocycles. The van der Waals surface area contributed by atoms with Gasteiger partial charge < -0.3 is 9.47 Å². The van der Waals surface area contributed by atoms with Crippen LogP contribution in [-0.4, -0.2) is 38.9 Å². The topological polar surface area (TPSA) is 79.6 Å². The van der Waals surface area contributed by atoms with Gasteiger partial charge in [0.2, 0.25) is 5.90 Å². The molecule has 0 radical (unpaired) electrons. The van der Waals surface area contributed by atoms with Gasteiger partial charge >= 0.3 is 0 Å². The second-order valence-corrected chi connectivity index (χ2v) is 4.24. The Bertz CT molecular complexity index is 526. The molecular weight excluding hydrogens is 263 g/mol. The zero-order chi connectivity index (χ0) is 14.4. The first-order valence-electron chi connectivity index (χ1n) is 6.20. The molecular formula is C13H15FN4O2. The first-order chi connectivity index (χ1) is 9.80. The summed E-state index contributed by atoms with van der Waals surface area (Å²) in [6.07, 6.45) is -0.614. The highest BCUT2D eigenvalue weighted by Gasteiger charge is 2.22. The zero-order valence-electron chi connectivity index (χ0n) is 11.1. The van der Waals surface area contributed by atoms with Crippen LogP contribution in [0.3, 0.4) is 0 Å². The van der Waals surface area contributed by atoms with Gasteiger partial charge in [-0.1, -0.05) is 17.2 Å². The van der Waals surface area contributed by atoms with Gasteiger partial charge in [-0.05, 0) is 23.2 Å². The number of methoxy groups -OCH3 is 1. The van der Waals surface area contributed by atoms with Gasteiger partial charge in [0.05, 0.1) is 18.7 Å². The molecule has 106 valence electrons. The molecule has 1 aromatic rings. The predicted octanol–water partition coefficient (Wildman–Crippen LogP) is 2.80. The van der Waals surface area contributed by atoms with Gasteiger partial charge in [-0.3, -0.25) is 4.39 Å². The standard InChI is InChI=1S/C13H15FN4O2/c1-19-12(11(8-14)17-18-15)9-2-4-10(5-3-9)13-16-6-7-20-13/h2-5,11-12H,6-8H2,1H3/t11-,12-/m1/s1. The van der Waals surface area contributed by atoms with Gasteiger partial charge in [0.15, 0.2) is 0 Å². The van der Waals surface area contributed by atoms with E-state index < -0.39 is 18.8 Å². The van der Waals surface area contributed by atoms with E-state index in [-0.39, 0.29) is 0 Å². The van der Waals surface area contributed by atoms with Crippen molar-refractivity contribution >= 4 is 5.90 Å². The number of ether oxygens (including phenoxy) is 2. The molecule has 0 saturated heterocycles. The summed E-state index contributed by atoms with van der Waals surface area (Å²) in [7, 11) is 1.46.